The zero-order chi connectivity index (χ0) is 54.5. The summed E-state index contributed by atoms with van der Waals surface area (Å²) in [4.78, 5) is 15.6. The Labute approximate surface area is 474 Å². The normalized spacial score (nSPS) is 11.4. The molecule has 0 spiro atoms. The van der Waals surface area contributed by atoms with Gasteiger partial charge in [0.05, 0.1) is 45.1 Å². The summed E-state index contributed by atoms with van der Waals surface area (Å²) in [6.45, 7) is 0. The van der Waals surface area contributed by atoms with Crippen molar-refractivity contribution < 1.29 is 0 Å². The molecule has 6 nitrogen and oxygen atoms in total. The third-order valence-electron chi connectivity index (χ3n) is 15.8. The molecule has 0 saturated carbocycles. The minimum atomic E-state index is 0.527. The van der Waals surface area contributed by atoms with Crippen LogP contribution < -0.4 is 0 Å². The van der Waals surface area contributed by atoms with Crippen LogP contribution in [-0.2, 0) is 0 Å². The summed E-state index contributed by atoms with van der Waals surface area (Å²) in [5, 5.41) is 15.4. The predicted molar refractivity (Wildman–Crippen MR) is 337 cm³/mol. The van der Waals surface area contributed by atoms with Crippen molar-refractivity contribution >= 4 is 43.6 Å². The molecule has 3 heterocycles. The van der Waals surface area contributed by atoms with Crippen LogP contribution in [0.1, 0.15) is 5.56 Å². The van der Waals surface area contributed by atoms with Gasteiger partial charge in [0, 0.05) is 49.4 Å². The van der Waals surface area contributed by atoms with E-state index >= 15 is 0 Å². The van der Waals surface area contributed by atoms with Crippen molar-refractivity contribution in [2.45, 2.75) is 0 Å². The Hall–Kier alpha value is -11.3. The van der Waals surface area contributed by atoms with Crippen LogP contribution in [-0.4, -0.2) is 24.1 Å². The van der Waals surface area contributed by atoms with Crippen molar-refractivity contribution in [2.24, 2.45) is 0 Å². The van der Waals surface area contributed by atoms with E-state index in [4.69, 9.17) is 15.0 Å². The Morgan fingerprint density at radius 1 is 0.244 bits per heavy atom. The highest BCUT2D eigenvalue weighted by molar-refractivity contribution is 6.14. The van der Waals surface area contributed by atoms with E-state index in [0.717, 1.165) is 127 Å². The maximum absolute atomic E-state index is 10.9. The molecule has 15 aromatic rings. The lowest BCUT2D eigenvalue weighted by atomic mass is 9.96. The van der Waals surface area contributed by atoms with E-state index in [0.29, 0.717) is 23.0 Å². The van der Waals surface area contributed by atoms with Crippen LogP contribution >= 0.6 is 0 Å². The Morgan fingerprint density at radius 2 is 0.524 bits per heavy atom. The summed E-state index contributed by atoms with van der Waals surface area (Å²) in [7, 11) is 0. The van der Waals surface area contributed by atoms with Crippen molar-refractivity contribution in [1.29, 1.82) is 5.26 Å². The molecule has 6 heteroatoms. The largest absolute Gasteiger partial charge is 0.309 e. The predicted octanol–water partition coefficient (Wildman–Crippen LogP) is 19.3. The highest BCUT2D eigenvalue weighted by Crippen LogP contribution is 2.45. The SMILES string of the molecule is N#Cc1ccc(-n2c3ccc(-c4ccccc4)cc3c3cc(-c4ccccc4)ccc32)c(-c2cc(-c3nc(-c4ccccc4)nc(-c4ccccc4)n3)ccc2-n2c3ccc(-c4ccccc4)cc3c3cc(-c4ccccc4)ccc32)c1. The molecule has 82 heavy (non-hydrogen) atoms. The first-order chi connectivity index (χ1) is 40.6. The first-order valence-corrected chi connectivity index (χ1v) is 27.5. The number of hydrogen-bond donors (Lipinski definition) is 0. The second kappa shape index (κ2) is 20.2. The molecule has 382 valence electrons. The maximum Gasteiger partial charge on any atom is 0.164 e. The molecule has 0 radical (unpaired) electrons. The van der Waals surface area contributed by atoms with E-state index < -0.39 is 0 Å². The van der Waals surface area contributed by atoms with Crippen molar-refractivity contribution in [2.75, 3.05) is 0 Å². The average Bonchev–Trinajstić information content (AvgIpc) is 4.21. The van der Waals surface area contributed by atoms with Gasteiger partial charge < -0.3 is 9.13 Å². The molecule has 15 rings (SSSR count). The summed E-state index contributed by atoms with van der Waals surface area (Å²) >= 11 is 0. The molecule has 0 bridgehead atoms. The summed E-state index contributed by atoms with van der Waals surface area (Å²) in [5.74, 6) is 1.67. The zero-order valence-corrected chi connectivity index (χ0v) is 44.4. The Kier molecular flexibility index (Phi) is 11.8. The summed E-state index contributed by atoms with van der Waals surface area (Å²) in [5.41, 5.74) is 20.0. The van der Waals surface area contributed by atoms with Crippen LogP contribution in [0.2, 0.25) is 0 Å². The van der Waals surface area contributed by atoms with Gasteiger partial charge in [-0.1, -0.05) is 206 Å². The molecular formula is C76H48N6. The van der Waals surface area contributed by atoms with E-state index in [-0.39, 0.29) is 0 Å². The Bertz CT molecular complexity index is 4700. The van der Waals surface area contributed by atoms with Crippen LogP contribution in [0.25, 0.3) is 145 Å². The number of benzene rings is 12. The molecule has 0 aliphatic carbocycles. The van der Waals surface area contributed by atoms with E-state index in [2.05, 4.69) is 240 Å². The standard InChI is InChI=1S/C76H48N6/c77-49-50-31-37-68(81-69-38-32-57(51-19-7-1-8-20-51)44-63(69)64-45-58(33-39-70(64)81)52-21-9-2-10-22-52)62(43-50)67-48-61(76-79-74(55-27-15-5-16-28-55)78-75(80-76)56-29-17-6-18-30-56)36-42-73(67)82-71-40-34-59(53-23-11-3-12-24-53)46-65(71)66-47-60(35-41-72(66)82)54-25-13-4-14-26-54/h1-48H. The first kappa shape index (κ1) is 47.9. The number of hydrogen-bond acceptors (Lipinski definition) is 4. The van der Waals surface area contributed by atoms with Gasteiger partial charge in [-0.3, -0.25) is 0 Å². The molecule has 0 fully saturated rings. The zero-order valence-electron chi connectivity index (χ0n) is 44.4. The van der Waals surface area contributed by atoms with Crippen LogP contribution in [0.15, 0.2) is 291 Å². The lowest BCUT2D eigenvalue weighted by molar-refractivity contribution is 1.07. The molecule has 0 aliphatic heterocycles. The minimum Gasteiger partial charge on any atom is -0.309 e. The summed E-state index contributed by atoms with van der Waals surface area (Å²) < 4.78 is 4.79. The van der Waals surface area contributed by atoms with Crippen LogP contribution in [0, 0.1) is 11.3 Å². The fourth-order valence-electron chi connectivity index (χ4n) is 11.8. The molecule has 0 unspecified atom stereocenters. The summed E-state index contributed by atoms with van der Waals surface area (Å²) in [6, 6.07) is 105. The fraction of sp³-hybridized carbons (Fsp3) is 0. The molecular weight excluding hydrogens is 997 g/mol. The van der Waals surface area contributed by atoms with Crippen molar-refractivity contribution in [3.8, 4) is 107 Å². The molecule has 3 aromatic heterocycles. The van der Waals surface area contributed by atoms with Gasteiger partial charge in [-0.15, -0.1) is 0 Å². The van der Waals surface area contributed by atoms with E-state index in [1.807, 2.05) is 66.7 Å². The highest BCUT2D eigenvalue weighted by Gasteiger charge is 2.24. The Morgan fingerprint density at radius 3 is 0.854 bits per heavy atom. The lowest BCUT2D eigenvalue weighted by Gasteiger charge is -2.20. The van der Waals surface area contributed by atoms with Crippen molar-refractivity contribution in [3.63, 3.8) is 0 Å². The van der Waals surface area contributed by atoms with Gasteiger partial charge in [0.2, 0.25) is 0 Å². The van der Waals surface area contributed by atoms with Gasteiger partial charge >= 0.3 is 0 Å². The number of nitriles is 1. The van der Waals surface area contributed by atoms with Crippen LogP contribution in [0.4, 0.5) is 0 Å². The number of rotatable bonds is 10. The average molecular weight is 1050 g/mol. The molecule has 0 saturated heterocycles. The van der Waals surface area contributed by atoms with Gasteiger partial charge in [-0.2, -0.15) is 5.26 Å². The molecule has 0 atom stereocenters. The second-order valence-corrected chi connectivity index (χ2v) is 20.7. The van der Waals surface area contributed by atoms with Crippen molar-refractivity contribution in [1.82, 2.24) is 24.1 Å². The maximum atomic E-state index is 10.9. The van der Waals surface area contributed by atoms with Gasteiger partial charge in [-0.05, 0) is 129 Å². The van der Waals surface area contributed by atoms with E-state index in [9.17, 15) is 5.26 Å². The van der Waals surface area contributed by atoms with Crippen LogP contribution in [0.5, 0.6) is 0 Å². The van der Waals surface area contributed by atoms with Crippen LogP contribution in [0.3, 0.4) is 0 Å². The second-order valence-electron chi connectivity index (χ2n) is 20.7. The fourth-order valence-corrected chi connectivity index (χ4v) is 11.8. The quantitative estimate of drug-likeness (QED) is 0.137. The number of nitrogens with zero attached hydrogens (tertiary/aromatic N) is 6. The molecule has 0 aliphatic rings. The molecule has 0 N–H and O–H groups in total. The third kappa shape index (κ3) is 8.49. The highest BCUT2D eigenvalue weighted by atomic mass is 15.0. The molecule has 0 amide bonds. The van der Waals surface area contributed by atoms with Crippen molar-refractivity contribution in [3.05, 3.63) is 297 Å². The third-order valence-corrected chi connectivity index (χ3v) is 15.8. The Balaban J connectivity index is 1.04. The van der Waals surface area contributed by atoms with Gasteiger partial charge in [0.1, 0.15) is 0 Å². The van der Waals surface area contributed by atoms with E-state index in [1.54, 1.807) is 0 Å². The topological polar surface area (TPSA) is 72.3 Å². The van der Waals surface area contributed by atoms with Gasteiger partial charge in [-0.25, -0.2) is 15.0 Å². The number of fused-ring (bicyclic) bond motifs is 6. The van der Waals surface area contributed by atoms with Gasteiger partial charge in [0.25, 0.3) is 0 Å². The van der Waals surface area contributed by atoms with Gasteiger partial charge in [0.15, 0.2) is 17.5 Å². The molecule has 12 aromatic carbocycles. The van der Waals surface area contributed by atoms with E-state index in [1.165, 1.54) is 0 Å². The minimum absolute atomic E-state index is 0.527. The monoisotopic (exact) mass is 1040 g/mol. The smallest absolute Gasteiger partial charge is 0.164 e. The first-order valence-electron chi connectivity index (χ1n) is 27.5. The summed E-state index contributed by atoms with van der Waals surface area (Å²) in [6.07, 6.45) is 0. The number of aromatic nitrogens is 5. The lowest BCUT2D eigenvalue weighted by Crippen LogP contribution is -2.04.